The predicted octanol–water partition coefficient (Wildman–Crippen LogP) is 3.29. The van der Waals surface area contributed by atoms with E-state index >= 15 is 0 Å². The fourth-order valence-corrected chi connectivity index (χ4v) is 3.21. The molecule has 0 N–H and O–H groups in total. The van der Waals surface area contributed by atoms with Gasteiger partial charge in [0.1, 0.15) is 5.02 Å². The van der Waals surface area contributed by atoms with Gasteiger partial charge in [0.25, 0.3) is 11.6 Å². The Morgan fingerprint density at radius 2 is 1.78 bits per heavy atom. The lowest BCUT2D eigenvalue weighted by Gasteiger charge is -2.33. The number of aromatic nitrogens is 2. The third kappa shape index (κ3) is 2.93. The van der Waals surface area contributed by atoms with Crippen molar-refractivity contribution < 1.29 is 9.72 Å². The van der Waals surface area contributed by atoms with E-state index in [9.17, 15) is 14.9 Å². The minimum atomic E-state index is -0.607. The van der Waals surface area contributed by atoms with Crippen molar-refractivity contribution in [2.75, 3.05) is 29.9 Å². The molecule has 0 saturated heterocycles. The van der Waals surface area contributed by atoms with Crippen molar-refractivity contribution in [1.29, 1.82) is 0 Å². The number of halogens is 1. The Bertz CT molecular complexity index is 1090. The molecule has 136 valence electrons. The summed E-state index contributed by atoms with van der Waals surface area (Å²) in [5, 5.41) is 11.1. The molecule has 3 aromatic rings. The Balaban J connectivity index is 1.81. The summed E-state index contributed by atoms with van der Waals surface area (Å²) in [5.41, 5.74) is 1.28. The molecule has 8 nitrogen and oxygen atoms in total. The molecular formula is C18H14ClN5O3. The molecule has 1 aromatic heterocycles. The molecule has 9 heteroatoms. The van der Waals surface area contributed by atoms with Gasteiger partial charge in [-0.25, -0.2) is 9.97 Å². The zero-order valence-electron chi connectivity index (χ0n) is 14.3. The number of nitro benzene ring substituents is 1. The number of hydrogen-bond acceptors (Lipinski definition) is 6. The first-order chi connectivity index (χ1) is 13.0. The Kier molecular flexibility index (Phi) is 4.12. The SMILES string of the molecule is CN1CCN(C(=O)c2ccc(Cl)c([N+](=O)[O-])c2)c2nc3ccccc3nc21. The van der Waals surface area contributed by atoms with Gasteiger partial charge in [-0.2, -0.15) is 0 Å². The predicted molar refractivity (Wildman–Crippen MR) is 103 cm³/mol. The molecule has 1 aliphatic heterocycles. The largest absolute Gasteiger partial charge is 0.355 e. The van der Waals surface area contributed by atoms with Crippen molar-refractivity contribution in [3.63, 3.8) is 0 Å². The van der Waals surface area contributed by atoms with Gasteiger partial charge >= 0.3 is 0 Å². The highest BCUT2D eigenvalue weighted by Crippen LogP contribution is 2.32. The molecule has 0 unspecified atom stereocenters. The molecule has 0 spiro atoms. The van der Waals surface area contributed by atoms with Crippen molar-refractivity contribution in [2.24, 2.45) is 0 Å². The van der Waals surface area contributed by atoms with Crippen molar-refractivity contribution in [3.05, 3.63) is 63.2 Å². The first-order valence-electron chi connectivity index (χ1n) is 8.19. The molecule has 1 aliphatic rings. The second kappa shape index (κ2) is 6.48. The molecule has 0 aliphatic carbocycles. The van der Waals surface area contributed by atoms with E-state index in [1.807, 2.05) is 36.2 Å². The summed E-state index contributed by atoms with van der Waals surface area (Å²) in [6, 6.07) is 11.4. The van der Waals surface area contributed by atoms with Gasteiger partial charge in [-0.3, -0.25) is 19.8 Å². The van der Waals surface area contributed by atoms with E-state index < -0.39 is 4.92 Å². The summed E-state index contributed by atoms with van der Waals surface area (Å²) in [4.78, 5) is 36.3. The number of nitrogens with zero attached hydrogens (tertiary/aromatic N) is 5. The van der Waals surface area contributed by atoms with E-state index in [-0.39, 0.29) is 22.2 Å². The van der Waals surface area contributed by atoms with Crippen molar-refractivity contribution in [1.82, 2.24) is 9.97 Å². The zero-order valence-corrected chi connectivity index (χ0v) is 15.1. The van der Waals surface area contributed by atoms with Crippen LogP contribution in [0.3, 0.4) is 0 Å². The van der Waals surface area contributed by atoms with Crippen LogP contribution in [0.4, 0.5) is 17.3 Å². The number of para-hydroxylation sites is 2. The summed E-state index contributed by atoms with van der Waals surface area (Å²) in [5.74, 6) is 0.649. The lowest BCUT2D eigenvalue weighted by atomic mass is 10.1. The maximum atomic E-state index is 13.1. The normalized spacial score (nSPS) is 13.6. The van der Waals surface area contributed by atoms with Crippen LogP contribution >= 0.6 is 11.6 Å². The van der Waals surface area contributed by atoms with E-state index in [4.69, 9.17) is 11.6 Å². The highest BCUT2D eigenvalue weighted by molar-refractivity contribution is 6.32. The lowest BCUT2D eigenvalue weighted by molar-refractivity contribution is -0.384. The fraction of sp³-hybridized carbons (Fsp3) is 0.167. The summed E-state index contributed by atoms with van der Waals surface area (Å²) in [6.45, 7) is 0.965. The number of rotatable bonds is 2. The fourth-order valence-electron chi connectivity index (χ4n) is 3.02. The van der Waals surface area contributed by atoms with Crippen molar-refractivity contribution in [2.45, 2.75) is 0 Å². The van der Waals surface area contributed by atoms with E-state index in [1.54, 1.807) is 0 Å². The van der Waals surface area contributed by atoms with E-state index in [0.29, 0.717) is 30.2 Å². The molecule has 0 radical (unpaired) electrons. The van der Waals surface area contributed by atoms with Crippen LogP contribution < -0.4 is 9.80 Å². The number of carbonyl (C=O) groups is 1. The average molecular weight is 384 g/mol. The minimum Gasteiger partial charge on any atom is -0.355 e. The first kappa shape index (κ1) is 17.2. The van der Waals surface area contributed by atoms with Gasteiger partial charge in [0, 0.05) is 31.8 Å². The van der Waals surface area contributed by atoms with E-state index in [2.05, 4.69) is 9.97 Å². The minimum absolute atomic E-state index is 0.0129. The molecule has 0 bridgehead atoms. The number of hydrogen-bond donors (Lipinski definition) is 0. The number of carbonyl (C=O) groups excluding carboxylic acids is 1. The number of nitro groups is 1. The number of amides is 1. The maximum Gasteiger partial charge on any atom is 0.288 e. The topological polar surface area (TPSA) is 92.5 Å². The second-order valence-corrected chi connectivity index (χ2v) is 6.57. The van der Waals surface area contributed by atoms with Gasteiger partial charge in [0.05, 0.1) is 16.0 Å². The van der Waals surface area contributed by atoms with Crippen molar-refractivity contribution >= 4 is 45.9 Å². The van der Waals surface area contributed by atoms with Crippen LogP contribution in [0.1, 0.15) is 10.4 Å². The molecule has 0 atom stereocenters. The highest BCUT2D eigenvalue weighted by Gasteiger charge is 2.30. The van der Waals surface area contributed by atoms with Gasteiger partial charge in [-0.05, 0) is 24.3 Å². The zero-order chi connectivity index (χ0) is 19.1. The van der Waals surface area contributed by atoms with Crippen LogP contribution in [-0.4, -0.2) is 40.9 Å². The molecule has 2 heterocycles. The van der Waals surface area contributed by atoms with E-state index in [0.717, 1.165) is 5.52 Å². The molecule has 0 saturated carbocycles. The van der Waals surface area contributed by atoms with Gasteiger partial charge in [-0.1, -0.05) is 23.7 Å². The molecule has 0 fully saturated rings. The summed E-state index contributed by atoms with van der Waals surface area (Å²) < 4.78 is 0. The van der Waals surface area contributed by atoms with Crippen LogP contribution in [0.25, 0.3) is 11.0 Å². The summed E-state index contributed by atoms with van der Waals surface area (Å²) in [7, 11) is 1.89. The third-order valence-corrected chi connectivity index (χ3v) is 4.77. The maximum absolute atomic E-state index is 13.1. The molecule has 27 heavy (non-hydrogen) atoms. The Hall–Kier alpha value is -3.26. The highest BCUT2D eigenvalue weighted by atomic mass is 35.5. The summed E-state index contributed by atoms with van der Waals surface area (Å²) >= 11 is 5.85. The molecule has 4 rings (SSSR count). The smallest absolute Gasteiger partial charge is 0.288 e. The van der Waals surface area contributed by atoms with Crippen LogP contribution in [0.2, 0.25) is 5.02 Å². The second-order valence-electron chi connectivity index (χ2n) is 6.16. The van der Waals surface area contributed by atoms with Gasteiger partial charge < -0.3 is 4.90 Å². The average Bonchev–Trinajstić information content (AvgIpc) is 2.67. The number of fused-ring (bicyclic) bond motifs is 2. The first-order valence-corrected chi connectivity index (χ1v) is 8.57. The number of likely N-dealkylation sites (N-methyl/N-ethyl adjacent to an activating group) is 1. The van der Waals surface area contributed by atoms with E-state index in [1.165, 1.54) is 23.1 Å². The van der Waals surface area contributed by atoms with Gasteiger partial charge in [0.15, 0.2) is 11.6 Å². The standard InChI is InChI=1S/C18H14ClN5O3/c1-22-8-9-23(17-16(22)20-13-4-2-3-5-14(13)21-17)18(25)11-6-7-12(19)15(10-11)24(26)27/h2-7,10H,8-9H2,1H3. The number of anilines is 2. The van der Waals surface area contributed by atoms with Crippen molar-refractivity contribution in [3.8, 4) is 0 Å². The molecule has 2 aromatic carbocycles. The van der Waals surface area contributed by atoms with Crippen LogP contribution in [-0.2, 0) is 0 Å². The van der Waals surface area contributed by atoms with Crippen LogP contribution in [0.5, 0.6) is 0 Å². The Morgan fingerprint density at radius 1 is 1.11 bits per heavy atom. The van der Waals surface area contributed by atoms with Gasteiger partial charge in [0.2, 0.25) is 0 Å². The Labute approximate surface area is 159 Å². The third-order valence-electron chi connectivity index (χ3n) is 4.45. The molecule has 1 amide bonds. The van der Waals surface area contributed by atoms with Crippen LogP contribution in [0, 0.1) is 10.1 Å². The molecular weight excluding hydrogens is 370 g/mol. The Morgan fingerprint density at radius 3 is 2.44 bits per heavy atom. The van der Waals surface area contributed by atoms with Crippen LogP contribution in [0.15, 0.2) is 42.5 Å². The monoisotopic (exact) mass is 383 g/mol. The van der Waals surface area contributed by atoms with Gasteiger partial charge in [-0.15, -0.1) is 0 Å². The lowest BCUT2D eigenvalue weighted by Crippen LogP contribution is -2.43. The number of benzene rings is 2. The quantitative estimate of drug-likeness (QED) is 0.498. The summed E-state index contributed by atoms with van der Waals surface area (Å²) in [6.07, 6.45) is 0.